The third-order valence-corrected chi connectivity index (χ3v) is 6.21. The number of carbonyl (C=O) groups excluding carboxylic acids is 1. The monoisotopic (exact) mass is 395 g/mol. The number of nitrogens with zero attached hydrogens (tertiary/aromatic N) is 3. The molecule has 6 heteroatoms. The number of rotatable bonds is 5. The van der Waals surface area contributed by atoms with E-state index in [9.17, 15) is 4.79 Å². The number of thiazole rings is 1. The van der Waals surface area contributed by atoms with Gasteiger partial charge in [0.2, 0.25) is 0 Å². The second kappa shape index (κ2) is 8.19. The van der Waals surface area contributed by atoms with Crippen LogP contribution < -0.4 is 9.64 Å². The molecule has 0 saturated carbocycles. The third kappa shape index (κ3) is 4.12. The third-order valence-electron chi connectivity index (χ3n) is 5.14. The van der Waals surface area contributed by atoms with Gasteiger partial charge in [-0.1, -0.05) is 42.0 Å². The van der Waals surface area contributed by atoms with Crippen molar-refractivity contribution in [2.24, 2.45) is 0 Å². The molecule has 28 heavy (non-hydrogen) atoms. The Morgan fingerprint density at radius 2 is 1.86 bits per heavy atom. The SMILES string of the molecule is CCc1ccc2nc(N3CCN(C(=O)COc4ccc(C)cc4)CC3)sc2c1. The van der Waals surface area contributed by atoms with Crippen molar-refractivity contribution in [1.82, 2.24) is 9.88 Å². The predicted molar refractivity (Wildman–Crippen MR) is 114 cm³/mol. The molecule has 1 aliphatic heterocycles. The van der Waals surface area contributed by atoms with Crippen LogP contribution in [0.4, 0.5) is 5.13 Å². The van der Waals surface area contributed by atoms with Crippen LogP contribution in [0.15, 0.2) is 42.5 Å². The summed E-state index contributed by atoms with van der Waals surface area (Å²) in [5.41, 5.74) is 3.57. The van der Waals surface area contributed by atoms with Gasteiger partial charge in [-0.15, -0.1) is 0 Å². The van der Waals surface area contributed by atoms with Gasteiger partial charge >= 0.3 is 0 Å². The molecule has 0 atom stereocenters. The van der Waals surface area contributed by atoms with Gasteiger partial charge in [-0.25, -0.2) is 4.98 Å². The van der Waals surface area contributed by atoms with Crippen molar-refractivity contribution < 1.29 is 9.53 Å². The number of aryl methyl sites for hydroxylation is 2. The first-order chi connectivity index (χ1) is 13.6. The summed E-state index contributed by atoms with van der Waals surface area (Å²) < 4.78 is 6.87. The summed E-state index contributed by atoms with van der Waals surface area (Å²) in [6, 6.07) is 14.3. The summed E-state index contributed by atoms with van der Waals surface area (Å²) in [6.07, 6.45) is 1.04. The topological polar surface area (TPSA) is 45.7 Å². The van der Waals surface area contributed by atoms with Crippen LogP contribution >= 0.6 is 11.3 Å². The molecule has 0 unspecified atom stereocenters. The van der Waals surface area contributed by atoms with Gasteiger partial charge < -0.3 is 14.5 Å². The lowest BCUT2D eigenvalue weighted by molar-refractivity contribution is -0.133. The maximum Gasteiger partial charge on any atom is 0.260 e. The molecule has 0 bridgehead atoms. The van der Waals surface area contributed by atoms with Crippen LogP contribution in [0.1, 0.15) is 18.1 Å². The number of hydrogen-bond donors (Lipinski definition) is 0. The predicted octanol–water partition coefficient (Wildman–Crippen LogP) is 3.89. The highest BCUT2D eigenvalue weighted by Gasteiger charge is 2.23. The van der Waals surface area contributed by atoms with Crippen molar-refractivity contribution in [3.05, 3.63) is 53.6 Å². The van der Waals surface area contributed by atoms with Crippen molar-refractivity contribution in [2.75, 3.05) is 37.7 Å². The summed E-state index contributed by atoms with van der Waals surface area (Å²) in [6.45, 7) is 7.29. The Hall–Kier alpha value is -2.60. The number of hydrogen-bond acceptors (Lipinski definition) is 5. The molecule has 1 amide bonds. The average molecular weight is 396 g/mol. The molecule has 1 aliphatic rings. The Balaban J connectivity index is 1.32. The van der Waals surface area contributed by atoms with E-state index in [2.05, 4.69) is 30.0 Å². The second-order valence-corrected chi connectivity index (χ2v) is 8.13. The van der Waals surface area contributed by atoms with Crippen molar-refractivity contribution in [3.63, 3.8) is 0 Å². The van der Waals surface area contributed by atoms with E-state index in [1.165, 1.54) is 15.8 Å². The van der Waals surface area contributed by atoms with Crippen molar-refractivity contribution in [1.29, 1.82) is 0 Å². The zero-order valence-corrected chi connectivity index (χ0v) is 17.2. The molecule has 2 aromatic carbocycles. The maximum atomic E-state index is 12.5. The van der Waals surface area contributed by atoms with Crippen LogP contribution in [0, 0.1) is 6.92 Å². The fourth-order valence-corrected chi connectivity index (χ4v) is 4.41. The van der Waals surface area contributed by atoms with E-state index in [4.69, 9.17) is 9.72 Å². The lowest BCUT2D eigenvalue weighted by Gasteiger charge is -2.34. The molecule has 1 saturated heterocycles. The van der Waals surface area contributed by atoms with Crippen molar-refractivity contribution in [2.45, 2.75) is 20.3 Å². The Morgan fingerprint density at radius 1 is 1.11 bits per heavy atom. The quantitative estimate of drug-likeness (QED) is 0.657. The Morgan fingerprint density at radius 3 is 2.57 bits per heavy atom. The van der Waals surface area contributed by atoms with Gasteiger partial charge in [0.05, 0.1) is 10.2 Å². The highest BCUT2D eigenvalue weighted by Crippen LogP contribution is 2.30. The highest BCUT2D eigenvalue weighted by atomic mass is 32.1. The molecule has 0 aliphatic carbocycles. The molecule has 146 valence electrons. The lowest BCUT2D eigenvalue weighted by atomic mass is 10.2. The van der Waals surface area contributed by atoms with E-state index in [1.807, 2.05) is 36.1 Å². The average Bonchev–Trinajstić information content (AvgIpc) is 3.16. The number of benzene rings is 2. The number of ether oxygens (including phenoxy) is 1. The summed E-state index contributed by atoms with van der Waals surface area (Å²) in [4.78, 5) is 21.4. The van der Waals surface area contributed by atoms with E-state index in [0.29, 0.717) is 13.1 Å². The fraction of sp³-hybridized carbons (Fsp3) is 0.364. The van der Waals surface area contributed by atoms with Crippen LogP contribution in [0.2, 0.25) is 0 Å². The van der Waals surface area contributed by atoms with Crippen LogP contribution in [0.3, 0.4) is 0 Å². The second-order valence-electron chi connectivity index (χ2n) is 7.12. The molecular weight excluding hydrogens is 370 g/mol. The van der Waals surface area contributed by atoms with Gasteiger partial charge in [0, 0.05) is 26.2 Å². The lowest BCUT2D eigenvalue weighted by Crippen LogP contribution is -2.50. The number of anilines is 1. The van der Waals surface area contributed by atoms with Gasteiger partial charge in [-0.3, -0.25) is 4.79 Å². The Bertz CT molecular complexity index is 960. The number of piperazine rings is 1. The first-order valence-electron chi connectivity index (χ1n) is 9.74. The zero-order chi connectivity index (χ0) is 19.5. The van der Waals surface area contributed by atoms with Crippen molar-refractivity contribution in [3.8, 4) is 5.75 Å². The smallest absolute Gasteiger partial charge is 0.260 e. The first-order valence-corrected chi connectivity index (χ1v) is 10.6. The van der Waals surface area contributed by atoms with Crippen molar-refractivity contribution >= 4 is 32.6 Å². The summed E-state index contributed by atoms with van der Waals surface area (Å²) in [7, 11) is 0. The Labute approximate surface area is 169 Å². The molecule has 5 nitrogen and oxygen atoms in total. The van der Waals surface area contributed by atoms with E-state index in [-0.39, 0.29) is 12.5 Å². The van der Waals surface area contributed by atoms with E-state index < -0.39 is 0 Å². The fourth-order valence-electron chi connectivity index (χ4n) is 3.33. The molecule has 2 heterocycles. The normalized spacial score (nSPS) is 14.5. The molecule has 0 spiro atoms. The van der Waals surface area contributed by atoms with E-state index in [0.717, 1.165) is 35.9 Å². The van der Waals surface area contributed by atoms with Gasteiger partial charge in [0.15, 0.2) is 11.7 Å². The number of aromatic nitrogens is 1. The molecule has 0 N–H and O–H groups in total. The van der Waals surface area contributed by atoms with Crippen LogP contribution in [-0.4, -0.2) is 48.6 Å². The minimum absolute atomic E-state index is 0.0390. The molecule has 3 aromatic rings. The maximum absolute atomic E-state index is 12.5. The molecule has 1 fully saturated rings. The largest absolute Gasteiger partial charge is 0.484 e. The summed E-state index contributed by atoms with van der Waals surface area (Å²) in [5.74, 6) is 0.774. The Kier molecular flexibility index (Phi) is 5.48. The first kappa shape index (κ1) is 18.7. The molecule has 1 aromatic heterocycles. The minimum atomic E-state index is 0.0390. The summed E-state index contributed by atoms with van der Waals surface area (Å²) in [5, 5.41) is 1.05. The van der Waals surface area contributed by atoms with Crippen LogP contribution in [-0.2, 0) is 11.2 Å². The van der Waals surface area contributed by atoms with Gasteiger partial charge in [-0.2, -0.15) is 0 Å². The minimum Gasteiger partial charge on any atom is -0.484 e. The number of carbonyl (C=O) groups is 1. The number of amides is 1. The van der Waals surface area contributed by atoms with Gasteiger partial charge in [0.25, 0.3) is 5.91 Å². The molecule has 4 rings (SSSR count). The highest BCUT2D eigenvalue weighted by molar-refractivity contribution is 7.22. The zero-order valence-electron chi connectivity index (χ0n) is 16.4. The van der Waals surface area contributed by atoms with E-state index >= 15 is 0 Å². The molecule has 0 radical (unpaired) electrons. The number of fused-ring (bicyclic) bond motifs is 1. The summed E-state index contributed by atoms with van der Waals surface area (Å²) >= 11 is 1.74. The molecular formula is C22H25N3O2S. The van der Waals surface area contributed by atoms with Gasteiger partial charge in [-0.05, 0) is 43.2 Å². The standard InChI is InChI=1S/C22H25N3O2S/c1-3-17-6-9-19-20(14-17)28-22(23-19)25-12-10-24(11-13-25)21(26)15-27-18-7-4-16(2)5-8-18/h4-9,14H,3,10-13,15H2,1-2H3. The van der Waals surface area contributed by atoms with Crippen LogP contribution in [0.25, 0.3) is 10.2 Å². The van der Waals surface area contributed by atoms with Crippen LogP contribution in [0.5, 0.6) is 5.75 Å². The van der Waals surface area contributed by atoms with E-state index in [1.54, 1.807) is 11.3 Å². The van der Waals surface area contributed by atoms with Gasteiger partial charge in [0.1, 0.15) is 5.75 Å².